The number of hydrogen-bond donors (Lipinski definition) is 1. The van der Waals surface area contributed by atoms with Gasteiger partial charge in [-0.15, -0.1) is 0 Å². The lowest BCUT2D eigenvalue weighted by atomic mass is 10.1. The number of anilines is 2. The van der Waals surface area contributed by atoms with E-state index < -0.39 is 0 Å². The maximum Gasteiger partial charge on any atom is 0.261 e. The van der Waals surface area contributed by atoms with E-state index in [0.717, 1.165) is 48.7 Å². The van der Waals surface area contributed by atoms with Crippen LogP contribution in [-0.2, 0) is 0 Å². The molecular formula is C24H23ClN6O. The second kappa shape index (κ2) is 8.61. The van der Waals surface area contributed by atoms with Gasteiger partial charge in [0, 0.05) is 56.2 Å². The van der Waals surface area contributed by atoms with Gasteiger partial charge in [-0.3, -0.25) is 4.79 Å². The number of fused-ring (bicyclic) bond motifs is 1. The number of para-hydroxylation sites is 2. The highest BCUT2D eigenvalue weighted by Crippen LogP contribution is 2.30. The Morgan fingerprint density at radius 1 is 1.09 bits per heavy atom. The number of amides is 1. The maximum absolute atomic E-state index is 13.3. The molecule has 1 saturated heterocycles. The minimum absolute atomic E-state index is 0.137. The van der Waals surface area contributed by atoms with Gasteiger partial charge in [0.15, 0.2) is 5.65 Å². The van der Waals surface area contributed by atoms with Crippen LogP contribution in [0.2, 0.25) is 5.02 Å². The van der Waals surface area contributed by atoms with Gasteiger partial charge in [-0.25, -0.2) is 9.50 Å². The molecule has 0 atom stereocenters. The molecular weight excluding hydrogens is 424 g/mol. The molecule has 1 N–H and O–H groups in total. The molecule has 1 aliphatic rings. The fourth-order valence-corrected chi connectivity index (χ4v) is 4.26. The third kappa shape index (κ3) is 3.81. The second-order valence-electron chi connectivity index (χ2n) is 7.77. The number of rotatable bonds is 4. The number of piperazine rings is 1. The molecule has 0 spiro atoms. The van der Waals surface area contributed by atoms with Gasteiger partial charge in [0.05, 0.1) is 23.1 Å². The monoisotopic (exact) mass is 446 g/mol. The number of carbonyl (C=O) groups is 1. The van der Waals surface area contributed by atoms with E-state index in [1.807, 2.05) is 42.5 Å². The quantitative estimate of drug-likeness (QED) is 0.517. The zero-order chi connectivity index (χ0) is 22.1. The van der Waals surface area contributed by atoms with E-state index in [9.17, 15) is 4.79 Å². The number of aromatic nitrogens is 3. The molecule has 0 bridgehead atoms. The van der Waals surface area contributed by atoms with Crippen LogP contribution in [0.5, 0.6) is 0 Å². The molecule has 3 heterocycles. The predicted octanol–water partition coefficient (Wildman–Crippen LogP) is 3.74. The van der Waals surface area contributed by atoms with E-state index in [4.69, 9.17) is 11.6 Å². The summed E-state index contributed by atoms with van der Waals surface area (Å²) in [6, 6.07) is 15.6. The fourth-order valence-electron chi connectivity index (χ4n) is 4.07. The average molecular weight is 447 g/mol. The molecule has 2 aromatic heterocycles. The predicted molar refractivity (Wildman–Crippen MR) is 128 cm³/mol. The third-order valence-corrected chi connectivity index (χ3v) is 5.98. The summed E-state index contributed by atoms with van der Waals surface area (Å²) in [6.07, 6.45) is 5.08. The first-order valence-corrected chi connectivity index (χ1v) is 10.9. The van der Waals surface area contributed by atoms with Crippen molar-refractivity contribution >= 4 is 34.5 Å². The van der Waals surface area contributed by atoms with Crippen molar-refractivity contribution in [1.82, 2.24) is 19.9 Å². The van der Waals surface area contributed by atoms with Crippen LogP contribution in [0.3, 0.4) is 0 Å². The van der Waals surface area contributed by atoms with Crippen molar-refractivity contribution < 1.29 is 4.79 Å². The zero-order valence-electron chi connectivity index (χ0n) is 17.7. The van der Waals surface area contributed by atoms with Crippen molar-refractivity contribution in [1.29, 1.82) is 0 Å². The first kappa shape index (κ1) is 20.5. The van der Waals surface area contributed by atoms with Gasteiger partial charge < -0.3 is 15.1 Å². The molecule has 1 fully saturated rings. The van der Waals surface area contributed by atoms with E-state index in [2.05, 4.69) is 26.4 Å². The number of carbonyl (C=O) groups excluding carboxylic acids is 1. The largest absolute Gasteiger partial charge is 0.367 e. The van der Waals surface area contributed by atoms with Crippen LogP contribution in [-0.4, -0.2) is 53.7 Å². The van der Waals surface area contributed by atoms with Gasteiger partial charge in [-0.2, -0.15) is 5.10 Å². The maximum atomic E-state index is 13.3. The third-order valence-electron chi connectivity index (χ3n) is 5.74. The Balaban J connectivity index is 1.45. The van der Waals surface area contributed by atoms with Gasteiger partial charge in [-0.05, 0) is 29.8 Å². The summed E-state index contributed by atoms with van der Waals surface area (Å²) in [6.45, 7) is 3.68. The minimum Gasteiger partial charge on any atom is -0.367 e. The number of nitrogens with zero attached hydrogens (tertiary/aromatic N) is 5. The first-order valence-electron chi connectivity index (χ1n) is 10.5. The second-order valence-corrected chi connectivity index (χ2v) is 8.21. The number of hydrogen-bond acceptors (Lipinski definition) is 5. The summed E-state index contributed by atoms with van der Waals surface area (Å²) in [5, 5.41) is 8.44. The first-order chi connectivity index (χ1) is 15.6. The SMILES string of the molecule is CN(C(=O)c1cnc2c(-c3cccc(Cl)c3)cnn2c1)c1ccccc1N1CCNCC1. The molecule has 1 aliphatic heterocycles. The fraction of sp³-hybridized carbons (Fsp3) is 0.208. The summed E-state index contributed by atoms with van der Waals surface area (Å²) in [5.74, 6) is -0.137. The summed E-state index contributed by atoms with van der Waals surface area (Å²) in [7, 11) is 1.80. The summed E-state index contributed by atoms with van der Waals surface area (Å²) in [5.41, 5.74) is 4.87. The van der Waals surface area contributed by atoms with Gasteiger partial charge in [-0.1, -0.05) is 35.9 Å². The molecule has 4 aromatic rings. The van der Waals surface area contributed by atoms with E-state index in [0.29, 0.717) is 16.2 Å². The topological polar surface area (TPSA) is 65.8 Å². The van der Waals surface area contributed by atoms with E-state index in [-0.39, 0.29) is 5.91 Å². The Morgan fingerprint density at radius 2 is 1.91 bits per heavy atom. The molecule has 0 unspecified atom stereocenters. The summed E-state index contributed by atoms with van der Waals surface area (Å²) in [4.78, 5) is 21.9. The molecule has 162 valence electrons. The zero-order valence-corrected chi connectivity index (χ0v) is 18.5. The van der Waals surface area contributed by atoms with Crippen LogP contribution in [0.25, 0.3) is 16.8 Å². The average Bonchev–Trinajstić information content (AvgIpc) is 3.27. The smallest absolute Gasteiger partial charge is 0.261 e. The Kier molecular flexibility index (Phi) is 5.51. The Labute approximate surface area is 191 Å². The van der Waals surface area contributed by atoms with Crippen LogP contribution < -0.4 is 15.1 Å². The molecule has 32 heavy (non-hydrogen) atoms. The Hall–Kier alpha value is -3.42. The van der Waals surface area contributed by atoms with Crippen LogP contribution in [0.4, 0.5) is 11.4 Å². The Bertz CT molecular complexity index is 1280. The molecule has 1 amide bonds. The van der Waals surface area contributed by atoms with Gasteiger partial charge in [0.25, 0.3) is 5.91 Å². The van der Waals surface area contributed by atoms with Crippen LogP contribution in [0.1, 0.15) is 10.4 Å². The van der Waals surface area contributed by atoms with Crippen molar-refractivity contribution in [3.8, 4) is 11.1 Å². The highest BCUT2D eigenvalue weighted by molar-refractivity contribution is 6.30. The molecule has 2 aromatic carbocycles. The van der Waals surface area contributed by atoms with E-state index in [1.165, 1.54) is 0 Å². The number of benzene rings is 2. The van der Waals surface area contributed by atoms with Gasteiger partial charge in [0.2, 0.25) is 0 Å². The highest BCUT2D eigenvalue weighted by atomic mass is 35.5. The van der Waals surface area contributed by atoms with Crippen molar-refractivity contribution in [2.24, 2.45) is 0 Å². The number of nitrogens with one attached hydrogen (secondary N) is 1. The lowest BCUT2D eigenvalue weighted by molar-refractivity contribution is 0.0992. The normalized spacial score (nSPS) is 14.0. The number of halogens is 1. The van der Waals surface area contributed by atoms with Crippen molar-refractivity contribution in [2.45, 2.75) is 0 Å². The lowest BCUT2D eigenvalue weighted by Crippen LogP contribution is -2.44. The molecule has 5 rings (SSSR count). The van der Waals surface area contributed by atoms with E-state index >= 15 is 0 Å². The summed E-state index contributed by atoms with van der Waals surface area (Å²) < 4.78 is 1.64. The Morgan fingerprint density at radius 3 is 2.72 bits per heavy atom. The standard InChI is InChI=1S/C24H23ClN6O/c1-29(21-7-2-3-8-22(21)30-11-9-26-10-12-30)24(32)18-14-27-23-20(15-28-31(23)16-18)17-5-4-6-19(25)13-17/h2-8,13-16,26H,9-12H2,1H3. The van der Waals surface area contributed by atoms with Crippen molar-refractivity contribution in [3.63, 3.8) is 0 Å². The van der Waals surface area contributed by atoms with E-state index in [1.54, 1.807) is 35.1 Å². The molecule has 0 aliphatic carbocycles. The van der Waals surface area contributed by atoms with Gasteiger partial charge >= 0.3 is 0 Å². The van der Waals surface area contributed by atoms with Crippen molar-refractivity contribution in [3.05, 3.63) is 77.7 Å². The molecule has 0 saturated carbocycles. The minimum atomic E-state index is -0.137. The highest BCUT2D eigenvalue weighted by Gasteiger charge is 2.21. The van der Waals surface area contributed by atoms with Crippen LogP contribution in [0, 0.1) is 0 Å². The summed E-state index contributed by atoms with van der Waals surface area (Å²) >= 11 is 6.14. The van der Waals surface area contributed by atoms with Crippen molar-refractivity contribution in [2.75, 3.05) is 43.0 Å². The molecule has 8 heteroatoms. The molecule has 0 radical (unpaired) electrons. The van der Waals surface area contributed by atoms with Gasteiger partial charge in [0.1, 0.15) is 0 Å². The lowest BCUT2D eigenvalue weighted by Gasteiger charge is -2.33. The van der Waals surface area contributed by atoms with Crippen LogP contribution >= 0.6 is 11.6 Å². The molecule has 7 nitrogen and oxygen atoms in total. The van der Waals surface area contributed by atoms with Crippen LogP contribution in [0.15, 0.2) is 67.1 Å².